The maximum Gasteiger partial charge on any atom is 0.161 e. The number of nitrogens with zero attached hydrogens (tertiary/aromatic N) is 1. The predicted molar refractivity (Wildman–Crippen MR) is 62.8 cm³/mol. The van der Waals surface area contributed by atoms with Gasteiger partial charge < -0.3 is 14.7 Å². The van der Waals surface area contributed by atoms with Crippen molar-refractivity contribution in [3.63, 3.8) is 0 Å². The first-order valence-electron chi connectivity index (χ1n) is 5.28. The van der Waals surface area contributed by atoms with Crippen LogP contribution in [-0.2, 0) is 0 Å². The number of hydrogen-bond acceptors (Lipinski definition) is 4. The van der Waals surface area contributed by atoms with Crippen molar-refractivity contribution in [2.75, 3.05) is 6.61 Å². The van der Waals surface area contributed by atoms with Crippen molar-refractivity contribution in [2.45, 2.75) is 26.9 Å². The molecule has 0 aromatic heterocycles. The van der Waals surface area contributed by atoms with Crippen molar-refractivity contribution >= 4 is 6.21 Å². The molecule has 0 bridgehead atoms. The minimum Gasteiger partial charge on any atom is -0.490 e. The lowest BCUT2D eigenvalue weighted by Gasteiger charge is -2.14. The quantitative estimate of drug-likeness (QED) is 0.474. The summed E-state index contributed by atoms with van der Waals surface area (Å²) in [4.78, 5) is 0. The van der Waals surface area contributed by atoms with E-state index < -0.39 is 0 Å². The van der Waals surface area contributed by atoms with Crippen molar-refractivity contribution in [1.82, 2.24) is 0 Å². The lowest BCUT2D eigenvalue weighted by Crippen LogP contribution is -2.07. The minimum atomic E-state index is 0.0940. The van der Waals surface area contributed by atoms with Crippen molar-refractivity contribution in [1.29, 1.82) is 0 Å². The first kappa shape index (κ1) is 12.4. The van der Waals surface area contributed by atoms with Gasteiger partial charge in [0, 0.05) is 5.56 Å². The zero-order chi connectivity index (χ0) is 12.0. The summed E-state index contributed by atoms with van der Waals surface area (Å²) in [5.41, 5.74) is 0.766. The number of ether oxygens (including phenoxy) is 2. The Morgan fingerprint density at radius 1 is 1.38 bits per heavy atom. The van der Waals surface area contributed by atoms with Crippen LogP contribution in [0.15, 0.2) is 23.4 Å². The van der Waals surface area contributed by atoms with Crippen LogP contribution in [0.1, 0.15) is 26.3 Å². The van der Waals surface area contributed by atoms with Crippen molar-refractivity contribution < 1.29 is 14.7 Å². The van der Waals surface area contributed by atoms with E-state index in [9.17, 15) is 0 Å². The third kappa shape index (κ3) is 3.46. The van der Waals surface area contributed by atoms with Crippen molar-refractivity contribution in [2.24, 2.45) is 5.16 Å². The Labute approximate surface area is 95.5 Å². The first-order chi connectivity index (χ1) is 7.67. The van der Waals surface area contributed by atoms with Crippen LogP contribution in [0.2, 0.25) is 0 Å². The molecule has 4 nitrogen and oxygen atoms in total. The van der Waals surface area contributed by atoms with E-state index in [1.165, 1.54) is 6.21 Å². The Morgan fingerprint density at radius 3 is 2.69 bits per heavy atom. The Morgan fingerprint density at radius 2 is 2.12 bits per heavy atom. The predicted octanol–water partition coefficient (Wildman–Crippen LogP) is 2.68. The van der Waals surface area contributed by atoms with E-state index in [1.807, 2.05) is 26.8 Å². The second-order valence-corrected chi connectivity index (χ2v) is 3.55. The summed E-state index contributed by atoms with van der Waals surface area (Å²) in [5, 5.41) is 11.4. The molecule has 1 N–H and O–H groups in total. The third-order valence-electron chi connectivity index (χ3n) is 1.84. The average Bonchev–Trinajstić information content (AvgIpc) is 2.22. The molecule has 0 unspecified atom stereocenters. The van der Waals surface area contributed by atoms with E-state index in [0.717, 1.165) is 5.56 Å². The number of rotatable bonds is 5. The van der Waals surface area contributed by atoms with Gasteiger partial charge in [0.2, 0.25) is 0 Å². The molecule has 1 rings (SSSR count). The van der Waals surface area contributed by atoms with Crippen LogP contribution in [0.5, 0.6) is 11.5 Å². The summed E-state index contributed by atoms with van der Waals surface area (Å²) < 4.78 is 11.1. The van der Waals surface area contributed by atoms with Gasteiger partial charge in [-0.3, -0.25) is 0 Å². The summed E-state index contributed by atoms with van der Waals surface area (Å²) >= 11 is 0. The topological polar surface area (TPSA) is 51.0 Å². The van der Waals surface area contributed by atoms with Gasteiger partial charge in [-0.1, -0.05) is 5.16 Å². The van der Waals surface area contributed by atoms with Gasteiger partial charge in [-0.15, -0.1) is 0 Å². The highest BCUT2D eigenvalue weighted by atomic mass is 16.5. The lowest BCUT2D eigenvalue weighted by atomic mass is 10.2. The van der Waals surface area contributed by atoms with Crippen molar-refractivity contribution in [3.8, 4) is 11.5 Å². The Bertz CT molecular complexity index is 361. The molecule has 0 amide bonds. The highest BCUT2D eigenvalue weighted by molar-refractivity contribution is 5.80. The summed E-state index contributed by atoms with van der Waals surface area (Å²) in [5.74, 6) is 1.36. The smallest absolute Gasteiger partial charge is 0.161 e. The van der Waals surface area contributed by atoms with Crippen LogP contribution >= 0.6 is 0 Å². The average molecular weight is 223 g/mol. The maximum absolute atomic E-state index is 8.45. The monoisotopic (exact) mass is 223 g/mol. The van der Waals surface area contributed by atoms with Crippen LogP contribution in [0.3, 0.4) is 0 Å². The Hall–Kier alpha value is -1.71. The minimum absolute atomic E-state index is 0.0940. The van der Waals surface area contributed by atoms with Crippen LogP contribution in [0, 0.1) is 0 Å². The molecule has 0 fully saturated rings. The van der Waals surface area contributed by atoms with Crippen LogP contribution in [0.4, 0.5) is 0 Å². The highest BCUT2D eigenvalue weighted by Crippen LogP contribution is 2.28. The molecule has 0 spiro atoms. The molecule has 0 saturated heterocycles. The molecule has 0 aliphatic rings. The molecule has 16 heavy (non-hydrogen) atoms. The van der Waals surface area contributed by atoms with Gasteiger partial charge in [-0.25, -0.2) is 0 Å². The fourth-order valence-corrected chi connectivity index (χ4v) is 1.29. The van der Waals surface area contributed by atoms with E-state index in [1.54, 1.807) is 12.1 Å². The summed E-state index contributed by atoms with van der Waals surface area (Å²) in [6.45, 7) is 6.39. The Balaban J connectivity index is 2.98. The lowest BCUT2D eigenvalue weighted by molar-refractivity contribution is 0.224. The van der Waals surface area contributed by atoms with Gasteiger partial charge in [-0.2, -0.15) is 0 Å². The van der Waals surface area contributed by atoms with Gasteiger partial charge in [0.05, 0.1) is 18.9 Å². The van der Waals surface area contributed by atoms with Gasteiger partial charge >= 0.3 is 0 Å². The van der Waals surface area contributed by atoms with E-state index in [-0.39, 0.29) is 6.10 Å². The second kappa shape index (κ2) is 6.00. The molecular weight excluding hydrogens is 206 g/mol. The molecule has 0 aliphatic heterocycles. The van der Waals surface area contributed by atoms with Crippen LogP contribution in [-0.4, -0.2) is 24.1 Å². The summed E-state index contributed by atoms with van der Waals surface area (Å²) in [6.07, 6.45) is 1.44. The van der Waals surface area contributed by atoms with E-state index >= 15 is 0 Å². The molecule has 0 heterocycles. The highest BCUT2D eigenvalue weighted by Gasteiger charge is 2.07. The van der Waals surface area contributed by atoms with E-state index in [2.05, 4.69) is 5.16 Å². The molecular formula is C12H17NO3. The molecule has 1 aromatic rings. The molecule has 0 saturated carbocycles. The molecule has 4 heteroatoms. The SMILES string of the molecule is CCOc1cc(C=NO)ccc1OC(C)C. The third-order valence-corrected chi connectivity index (χ3v) is 1.84. The Kier molecular flexibility index (Phi) is 4.64. The first-order valence-corrected chi connectivity index (χ1v) is 5.28. The van der Waals surface area contributed by atoms with Gasteiger partial charge in [0.1, 0.15) is 0 Å². The molecule has 0 atom stereocenters. The zero-order valence-corrected chi connectivity index (χ0v) is 9.80. The van der Waals surface area contributed by atoms with Crippen LogP contribution in [0.25, 0.3) is 0 Å². The molecule has 0 radical (unpaired) electrons. The van der Waals surface area contributed by atoms with Gasteiger partial charge in [0.25, 0.3) is 0 Å². The number of oxime groups is 1. The molecule has 88 valence electrons. The summed E-state index contributed by atoms with van der Waals surface area (Å²) in [6, 6.07) is 5.39. The van der Waals surface area contributed by atoms with E-state index in [4.69, 9.17) is 14.7 Å². The fourth-order valence-electron chi connectivity index (χ4n) is 1.29. The molecule has 1 aromatic carbocycles. The second-order valence-electron chi connectivity index (χ2n) is 3.55. The van der Waals surface area contributed by atoms with Crippen molar-refractivity contribution in [3.05, 3.63) is 23.8 Å². The number of benzene rings is 1. The maximum atomic E-state index is 8.45. The van der Waals surface area contributed by atoms with Crippen LogP contribution < -0.4 is 9.47 Å². The zero-order valence-electron chi connectivity index (χ0n) is 9.80. The fraction of sp³-hybridized carbons (Fsp3) is 0.417. The van der Waals surface area contributed by atoms with E-state index in [0.29, 0.717) is 18.1 Å². The largest absolute Gasteiger partial charge is 0.490 e. The van der Waals surface area contributed by atoms with Gasteiger partial charge in [-0.05, 0) is 39.0 Å². The normalized spacial score (nSPS) is 11.0. The number of hydrogen-bond donors (Lipinski definition) is 1. The van der Waals surface area contributed by atoms with Gasteiger partial charge in [0.15, 0.2) is 11.5 Å². The summed E-state index contributed by atoms with van der Waals surface area (Å²) in [7, 11) is 0. The standard InChI is InChI=1S/C12H17NO3/c1-4-15-12-7-10(8-13-14)5-6-11(12)16-9(2)3/h5-9,14H,4H2,1-3H3. The molecule has 0 aliphatic carbocycles.